The van der Waals surface area contributed by atoms with Crippen LogP contribution in [0.2, 0.25) is 0 Å². The molecule has 0 saturated carbocycles. The molecule has 2 rings (SSSR count). The highest BCUT2D eigenvalue weighted by molar-refractivity contribution is 5.45. The zero-order chi connectivity index (χ0) is 19.3. The molecule has 0 radical (unpaired) electrons. The van der Waals surface area contributed by atoms with E-state index in [0.29, 0.717) is 24.5 Å². The van der Waals surface area contributed by atoms with Crippen molar-refractivity contribution in [1.82, 2.24) is 9.97 Å². The Morgan fingerprint density at radius 1 is 1.04 bits per heavy atom. The van der Waals surface area contributed by atoms with Gasteiger partial charge in [-0.15, -0.1) is 0 Å². The molecule has 1 N–H and O–H groups in total. The quantitative estimate of drug-likeness (QED) is 0.808. The molecular formula is C17H21F3N4O2. The third kappa shape index (κ3) is 4.90. The van der Waals surface area contributed by atoms with Crippen molar-refractivity contribution in [3.8, 4) is 11.5 Å². The average molecular weight is 370 g/mol. The Morgan fingerprint density at radius 2 is 1.73 bits per heavy atom. The van der Waals surface area contributed by atoms with Gasteiger partial charge in [0.2, 0.25) is 5.95 Å². The van der Waals surface area contributed by atoms with Gasteiger partial charge in [-0.3, -0.25) is 0 Å². The van der Waals surface area contributed by atoms with Crippen LogP contribution >= 0.6 is 0 Å². The average Bonchev–Trinajstić information content (AvgIpc) is 2.60. The highest BCUT2D eigenvalue weighted by Crippen LogP contribution is 2.30. The minimum atomic E-state index is -4.53. The number of hydrogen-bond donors (Lipinski definition) is 1. The predicted molar refractivity (Wildman–Crippen MR) is 93.1 cm³/mol. The maximum atomic E-state index is 13.0. The first-order valence-corrected chi connectivity index (χ1v) is 7.83. The summed E-state index contributed by atoms with van der Waals surface area (Å²) in [6.07, 6.45) is -3.98. The highest BCUT2D eigenvalue weighted by atomic mass is 19.4. The molecule has 0 unspecified atom stereocenters. The Balaban J connectivity index is 2.11. The third-order valence-corrected chi connectivity index (χ3v) is 3.61. The lowest BCUT2D eigenvalue weighted by Gasteiger charge is -2.16. The van der Waals surface area contributed by atoms with Crippen molar-refractivity contribution < 1.29 is 22.6 Å². The summed E-state index contributed by atoms with van der Waals surface area (Å²) in [5.74, 6) is 1.32. The van der Waals surface area contributed by atoms with Crippen LogP contribution in [0.5, 0.6) is 11.5 Å². The van der Waals surface area contributed by atoms with Gasteiger partial charge >= 0.3 is 6.18 Å². The number of ether oxygens (including phenoxy) is 2. The van der Waals surface area contributed by atoms with Gasteiger partial charge in [0.25, 0.3) is 0 Å². The van der Waals surface area contributed by atoms with E-state index in [0.717, 1.165) is 11.6 Å². The normalized spacial score (nSPS) is 11.2. The zero-order valence-electron chi connectivity index (χ0n) is 15.0. The molecule has 0 amide bonds. The van der Waals surface area contributed by atoms with Crippen LogP contribution in [0.25, 0.3) is 0 Å². The van der Waals surface area contributed by atoms with Gasteiger partial charge in [-0.1, -0.05) is 6.07 Å². The number of alkyl halides is 3. The van der Waals surface area contributed by atoms with Gasteiger partial charge in [0.15, 0.2) is 17.2 Å². The van der Waals surface area contributed by atoms with Crippen molar-refractivity contribution in [2.75, 3.05) is 45.1 Å². The van der Waals surface area contributed by atoms with Gasteiger partial charge in [-0.25, -0.2) is 4.98 Å². The number of hydrogen-bond acceptors (Lipinski definition) is 6. The van der Waals surface area contributed by atoms with Crippen molar-refractivity contribution in [3.63, 3.8) is 0 Å². The van der Waals surface area contributed by atoms with Crippen molar-refractivity contribution in [3.05, 3.63) is 35.5 Å². The standard InChI is InChI=1S/C17H21F3N4O2/c1-24(2)15-10-14(17(18,19)20)22-16(23-15)21-8-7-11-5-6-12(25-3)13(9-11)26-4/h5-6,9-10H,7-8H2,1-4H3,(H,21,22,23). The number of halogens is 3. The van der Waals surface area contributed by atoms with Crippen molar-refractivity contribution in [2.45, 2.75) is 12.6 Å². The molecule has 9 heteroatoms. The van der Waals surface area contributed by atoms with Crippen LogP contribution in [0.15, 0.2) is 24.3 Å². The second kappa shape index (κ2) is 8.11. The van der Waals surface area contributed by atoms with E-state index in [4.69, 9.17) is 9.47 Å². The molecule has 1 heterocycles. The molecule has 0 aliphatic heterocycles. The second-order valence-corrected chi connectivity index (χ2v) is 5.69. The topological polar surface area (TPSA) is 59.5 Å². The maximum Gasteiger partial charge on any atom is 0.433 e. The summed E-state index contributed by atoms with van der Waals surface area (Å²) in [4.78, 5) is 9.15. The van der Waals surface area contributed by atoms with Crippen LogP contribution in [0, 0.1) is 0 Å². The van der Waals surface area contributed by atoms with Gasteiger partial charge in [0.05, 0.1) is 14.2 Å². The molecule has 142 valence electrons. The minimum absolute atomic E-state index is 0.0657. The summed E-state index contributed by atoms with van der Waals surface area (Å²) in [5.41, 5.74) is -0.0419. The summed E-state index contributed by atoms with van der Waals surface area (Å²) < 4.78 is 49.4. The fraction of sp³-hybridized carbons (Fsp3) is 0.412. The molecule has 0 saturated heterocycles. The maximum absolute atomic E-state index is 13.0. The van der Waals surface area contributed by atoms with E-state index in [1.54, 1.807) is 34.4 Å². The Morgan fingerprint density at radius 3 is 2.31 bits per heavy atom. The summed E-state index contributed by atoms with van der Waals surface area (Å²) in [6.45, 7) is 0.365. The minimum Gasteiger partial charge on any atom is -0.493 e. The predicted octanol–water partition coefficient (Wildman–Crippen LogP) is 3.23. The molecule has 0 spiro atoms. The van der Waals surface area contributed by atoms with E-state index < -0.39 is 11.9 Å². The lowest BCUT2D eigenvalue weighted by molar-refractivity contribution is -0.141. The van der Waals surface area contributed by atoms with E-state index in [2.05, 4.69) is 15.3 Å². The van der Waals surface area contributed by atoms with Crippen LogP contribution in [0.1, 0.15) is 11.3 Å². The number of anilines is 2. The highest BCUT2D eigenvalue weighted by Gasteiger charge is 2.34. The fourth-order valence-electron chi connectivity index (χ4n) is 2.24. The van der Waals surface area contributed by atoms with Crippen LogP contribution < -0.4 is 19.7 Å². The Bertz CT molecular complexity index is 751. The molecular weight excluding hydrogens is 349 g/mol. The van der Waals surface area contributed by atoms with Gasteiger partial charge in [-0.2, -0.15) is 18.2 Å². The molecule has 0 atom stereocenters. The summed E-state index contributed by atoms with van der Waals surface area (Å²) in [6, 6.07) is 6.37. The van der Waals surface area contributed by atoms with E-state index in [-0.39, 0.29) is 11.8 Å². The SMILES string of the molecule is COc1ccc(CCNc2nc(N(C)C)cc(C(F)(F)F)n2)cc1OC. The second-order valence-electron chi connectivity index (χ2n) is 5.69. The molecule has 1 aromatic heterocycles. The Hall–Kier alpha value is -2.71. The van der Waals surface area contributed by atoms with Crippen LogP contribution in [-0.4, -0.2) is 44.8 Å². The van der Waals surface area contributed by atoms with Gasteiger partial charge in [0.1, 0.15) is 5.82 Å². The molecule has 6 nitrogen and oxygen atoms in total. The number of aromatic nitrogens is 2. The first-order chi connectivity index (χ1) is 12.2. The van der Waals surface area contributed by atoms with E-state index in [1.807, 2.05) is 12.1 Å². The fourth-order valence-corrected chi connectivity index (χ4v) is 2.24. The van der Waals surface area contributed by atoms with E-state index in [9.17, 15) is 13.2 Å². The molecule has 0 fully saturated rings. The van der Waals surface area contributed by atoms with Crippen LogP contribution in [0.3, 0.4) is 0 Å². The van der Waals surface area contributed by atoms with Crippen molar-refractivity contribution in [2.24, 2.45) is 0 Å². The number of rotatable bonds is 7. The number of methoxy groups -OCH3 is 2. The van der Waals surface area contributed by atoms with Gasteiger partial charge in [-0.05, 0) is 24.1 Å². The summed E-state index contributed by atoms with van der Waals surface area (Å²) >= 11 is 0. The smallest absolute Gasteiger partial charge is 0.433 e. The number of nitrogens with zero attached hydrogens (tertiary/aromatic N) is 3. The van der Waals surface area contributed by atoms with Gasteiger partial charge in [0, 0.05) is 26.7 Å². The Kier molecular flexibility index (Phi) is 6.12. The largest absolute Gasteiger partial charge is 0.493 e. The lowest BCUT2D eigenvalue weighted by atomic mass is 10.1. The first-order valence-electron chi connectivity index (χ1n) is 7.83. The zero-order valence-corrected chi connectivity index (χ0v) is 15.0. The van der Waals surface area contributed by atoms with E-state index >= 15 is 0 Å². The van der Waals surface area contributed by atoms with Crippen LogP contribution in [0.4, 0.5) is 24.9 Å². The molecule has 2 aromatic rings. The molecule has 26 heavy (non-hydrogen) atoms. The third-order valence-electron chi connectivity index (χ3n) is 3.61. The summed E-state index contributed by atoms with van der Waals surface area (Å²) in [5, 5.41) is 2.85. The lowest BCUT2D eigenvalue weighted by Crippen LogP contribution is -2.18. The number of benzene rings is 1. The monoisotopic (exact) mass is 370 g/mol. The molecule has 0 aliphatic carbocycles. The Labute approximate surface area is 150 Å². The van der Waals surface area contributed by atoms with Gasteiger partial charge < -0.3 is 19.7 Å². The summed E-state index contributed by atoms with van der Waals surface area (Å²) in [7, 11) is 6.33. The van der Waals surface area contributed by atoms with Crippen LogP contribution in [-0.2, 0) is 12.6 Å². The van der Waals surface area contributed by atoms with Crippen molar-refractivity contribution >= 4 is 11.8 Å². The molecule has 0 aliphatic rings. The molecule has 0 bridgehead atoms. The number of nitrogens with one attached hydrogen (secondary N) is 1. The first kappa shape index (κ1) is 19.6. The van der Waals surface area contributed by atoms with E-state index in [1.165, 1.54) is 4.90 Å². The van der Waals surface area contributed by atoms with Crippen molar-refractivity contribution in [1.29, 1.82) is 0 Å². The molecule has 1 aromatic carbocycles.